The van der Waals surface area contributed by atoms with Crippen LogP contribution in [0.2, 0.25) is 0 Å². The largest absolute Gasteiger partial charge is 0.378 e. The van der Waals surface area contributed by atoms with E-state index in [0.29, 0.717) is 6.04 Å². The molecule has 0 aliphatic carbocycles. The Morgan fingerprint density at radius 2 is 1.93 bits per heavy atom. The molecule has 3 heteroatoms. The standard InChI is InChI=1S/C12H24N2O/c1-2-3-6-14-7-4-11(5-8-14)13-12-9-15-10-12/h11-13H,2-10H2,1H3. The molecule has 15 heavy (non-hydrogen) atoms. The molecule has 0 aromatic heterocycles. The van der Waals surface area contributed by atoms with Crippen LogP contribution in [0.15, 0.2) is 0 Å². The van der Waals surface area contributed by atoms with Gasteiger partial charge < -0.3 is 15.0 Å². The van der Waals surface area contributed by atoms with Gasteiger partial charge in [0.05, 0.1) is 19.3 Å². The van der Waals surface area contributed by atoms with E-state index in [1.807, 2.05) is 0 Å². The third kappa shape index (κ3) is 3.44. The van der Waals surface area contributed by atoms with Crippen LogP contribution in [0.1, 0.15) is 32.6 Å². The van der Waals surface area contributed by atoms with Crippen LogP contribution in [0, 0.1) is 0 Å². The Labute approximate surface area is 93.2 Å². The van der Waals surface area contributed by atoms with E-state index < -0.39 is 0 Å². The Morgan fingerprint density at radius 1 is 1.20 bits per heavy atom. The Kier molecular flexibility index (Phi) is 4.42. The van der Waals surface area contributed by atoms with Gasteiger partial charge in [0, 0.05) is 6.04 Å². The van der Waals surface area contributed by atoms with E-state index in [2.05, 4.69) is 17.1 Å². The Morgan fingerprint density at radius 3 is 2.47 bits per heavy atom. The highest BCUT2D eigenvalue weighted by atomic mass is 16.5. The van der Waals surface area contributed by atoms with Crippen LogP contribution >= 0.6 is 0 Å². The van der Waals surface area contributed by atoms with Crippen molar-refractivity contribution in [3.05, 3.63) is 0 Å². The summed E-state index contributed by atoms with van der Waals surface area (Å²) in [6, 6.07) is 1.40. The molecule has 2 aliphatic rings. The summed E-state index contributed by atoms with van der Waals surface area (Å²) in [5, 5.41) is 3.68. The van der Waals surface area contributed by atoms with Crippen LogP contribution in [-0.2, 0) is 4.74 Å². The maximum Gasteiger partial charge on any atom is 0.0643 e. The molecule has 0 bridgehead atoms. The molecular formula is C12H24N2O. The normalized spacial score (nSPS) is 25.4. The summed E-state index contributed by atoms with van der Waals surface area (Å²) in [6.45, 7) is 7.99. The van der Waals surface area contributed by atoms with Crippen LogP contribution in [-0.4, -0.2) is 49.8 Å². The second kappa shape index (κ2) is 5.83. The summed E-state index contributed by atoms with van der Waals surface area (Å²) in [5.41, 5.74) is 0. The molecule has 1 N–H and O–H groups in total. The van der Waals surface area contributed by atoms with E-state index in [4.69, 9.17) is 4.74 Å². The van der Waals surface area contributed by atoms with Crippen molar-refractivity contribution in [3.8, 4) is 0 Å². The van der Waals surface area contributed by atoms with Gasteiger partial charge in [-0.05, 0) is 38.9 Å². The lowest BCUT2D eigenvalue weighted by molar-refractivity contribution is -0.0135. The number of unbranched alkanes of at least 4 members (excludes halogenated alkanes) is 1. The first kappa shape index (κ1) is 11.4. The number of ether oxygens (including phenoxy) is 1. The number of rotatable bonds is 5. The van der Waals surface area contributed by atoms with E-state index in [-0.39, 0.29) is 0 Å². The van der Waals surface area contributed by atoms with Crippen LogP contribution in [0.3, 0.4) is 0 Å². The van der Waals surface area contributed by atoms with Gasteiger partial charge in [0.25, 0.3) is 0 Å². The highest BCUT2D eigenvalue weighted by Gasteiger charge is 2.24. The van der Waals surface area contributed by atoms with Crippen LogP contribution in [0.5, 0.6) is 0 Å². The van der Waals surface area contributed by atoms with Crippen molar-refractivity contribution in [2.75, 3.05) is 32.8 Å². The fraction of sp³-hybridized carbons (Fsp3) is 1.00. The summed E-state index contributed by atoms with van der Waals surface area (Å²) < 4.78 is 5.18. The molecule has 0 saturated carbocycles. The van der Waals surface area contributed by atoms with Crippen molar-refractivity contribution in [2.24, 2.45) is 0 Å². The highest BCUT2D eigenvalue weighted by Crippen LogP contribution is 2.13. The molecule has 0 aromatic carbocycles. The maximum atomic E-state index is 5.18. The van der Waals surface area contributed by atoms with Crippen LogP contribution in [0.4, 0.5) is 0 Å². The molecule has 0 amide bonds. The second-order valence-electron chi connectivity index (χ2n) is 4.87. The van der Waals surface area contributed by atoms with Gasteiger partial charge in [0.15, 0.2) is 0 Å². The Bertz CT molecular complexity index is 174. The number of hydrogen-bond donors (Lipinski definition) is 1. The van der Waals surface area contributed by atoms with Crippen molar-refractivity contribution < 1.29 is 4.74 Å². The fourth-order valence-electron chi connectivity index (χ4n) is 2.37. The smallest absolute Gasteiger partial charge is 0.0643 e. The van der Waals surface area contributed by atoms with E-state index >= 15 is 0 Å². The molecule has 0 spiro atoms. The minimum atomic E-state index is 0.650. The average molecular weight is 212 g/mol. The van der Waals surface area contributed by atoms with Gasteiger partial charge in [-0.3, -0.25) is 0 Å². The third-order valence-corrected chi connectivity index (χ3v) is 3.52. The topological polar surface area (TPSA) is 24.5 Å². The first-order valence-corrected chi connectivity index (χ1v) is 6.44. The predicted octanol–water partition coefficient (Wildman–Crippen LogP) is 1.24. The second-order valence-corrected chi connectivity index (χ2v) is 4.87. The summed E-state index contributed by atoms with van der Waals surface area (Å²) in [7, 11) is 0. The molecule has 0 atom stereocenters. The van der Waals surface area contributed by atoms with Crippen LogP contribution in [0.25, 0.3) is 0 Å². The first-order chi connectivity index (χ1) is 7.38. The van der Waals surface area contributed by atoms with Gasteiger partial charge in [0.2, 0.25) is 0 Å². The van der Waals surface area contributed by atoms with Gasteiger partial charge in [-0.25, -0.2) is 0 Å². The zero-order chi connectivity index (χ0) is 10.5. The van der Waals surface area contributed by atoms with Gasteiger partial charge in [-0.15, -0.1) is 0 Å². The van der Waals surface area contributed by atoms with Gasteiger partial charge in [0.1, 0.15) is 0 Å². The molecule has 2 heterocycles. The van der Waals surface area contributed by atoms with Gasteiger partial charge >= 0.3 is 0 Å². The molecule has 2 fully saturated rings. The molecule has 2 rings (SSSR count). The van der Waals surface area contributed by atoms with E-state index in [9.17, 15) is 0 Å². The lowest BCUT2D eigenvalue weighted by atomic mass is 10.0. The van der Waals surface area contributed by atoms with Crippen LogP contribution < -0.4 is 5.32 Å². The Balaban J connectivity index is 1.58. The number of piperidine rings is 1. The van der Waals surface area contributed by atoms with Gasteiger partial charge in [-0.1, -0.05) is 13.3 Å². The number of nitrogens with zero attached hydrogens (tertiary/aromatic N) is 1. The highest BCUT2D eigenvalue weighted by molar-refractivity contribution is 4.83. The zero-order valence-corrected chi connectivity index (χ0v) is 9.87. The number of likely N-dealkylation sites (tertiary alicyclic amines) is 1. The minimum absolute atomic E-state index is 0.650. The van der Waals surface area contributed by atoms with E-state index in [0.717, 1.165) is 19.3 Å². The minimum Gasteiger partial charge on any atom is -0.378 e. The number of hydrogen-bond acceptors (Lipinski definition) is 3. The summed E-state index contributed by atoms with van der Waals surface area (Å²) in [6.07, 6.45) is 5.31. The van der Waals surface area contributed by atoms with Crippen molar-refractivity contribution in [1.82, 2.24) is 10.2 Å². The lowest BCUT2D eigenvalue weighted by Crippen LogP contribution is -2.53. The van der Waals surface area contributed by atoms with Gasteiger partial charge in [-0.2, -0.15) is 0 Å². The van der Waals surface area contributed by atoms with Crippen molar-refractivity contribution >= 4 is 0 Å². The fourth-order valence-corrected chi connectivity index (χ4v) is 2.37. The quantitative estimate of drug-likeness (QED) is 0.742. The molecule has 2 aliphatic heterocycles. The zero-order valence-electron chi connectivity index (χ0n) is 9.87. The predicted molar refractivity (Wildman–Crippen MR) is 62.1 cm³/mol. The molecular weight excluding hydrogens is 188 g/mol. The lowest BCUT2D eigenvalue weighted by Gasteiger charge is -2.37. The number of nitrogens with one attached hydrogen (secondary N) is 1. The molecule has 0 aromatic rings. The molecule has 2 saturated heterocycles. The summed E-state index contributed by atoms with van der Waals surface area (Å²) in [5.74, 6) is 0. The third-order valence-electron chi connectivity index (χ3n) is 3.52. The Hall–Kier alpha value is -0.120. The van der Waals surface area contributed by atoms with Crippen molar-refractivity contribution in [1.29, 1.82) is 0 Å². The summed E-state index contributed by atoms with van der Waals surface area (Å²) in [4.78, 5) is 2.61. The van der Waals surface area contributed by atoms with E-state index in [1.165, 1.54) is 45.3 Å². The SMILES string of the molecule is CCCCN1CCC(NC2COC2)CC1. The molecule has 88 valence electrons. The first-order valence-electron chi connectivity index (χ1n) is 6.44. The van der Waals surface area contributed by atoms with Crippen molar-refractivity contribution in [2.45, 2.75) is 44.7 Å². The average Bonchev–Trinajstić information content (AvgIpc) is 2.22. The molecule has 0 radical (unpaired) electrons. The van der Waals surface area contributed by atoms with Crippen molar-refractivity contribution in [3.63, 3.8) is 0 Å². The molecule has 0 unspecified atom stereocenters. The molecule has 3 nitrogen and oxygen atoms in total. The summed E-state index contributed by atoms with van der Waals surface area (Å²) >= 11 is 0. The monoisotopic (exact) mass is 212 g/mol. The maximum absolute atomic E-state index is 5.18. The van der Waals surface area contributed by atoms with E-state index in [1.54, 1.807) is 0 Å².